The molecule has 2 nitrogen and oxygen atoms in total. The van der Waals surface area contributed by atoms with Gasteiger partial charge in [0.1, 0.15) is 18.2 Å². The molecular formula is C15H15ClFNO. The average Bonchev–Trinajstić information content (AvgIpc) is 2.41. The number of aryl methyl sites for hydroxylation is 1. The smallest absolute Gasteiger partial charge is 0.138 e. The van der Waals surface area contributed by atoms with Gasteiger partial charge in [-0.05, 0) is 42.3 Å². The van der Waals surface area contributed by atoms with E-state index >= 15 is 0 Å². The molecule has 0 fully saturated rings. The van der Waals surface area contributed by atoms with Gasteiger partial charge in [0.15, 0.2) is 0 Å². The summed E-state index contributed by atoms with van der Waals surface area (Å²) in [6.07, 6.45) is 0. The minimum absolute atomic E-state index is 0.128. The fraction of sp³-hybridized carbons (Fsp3) is 0.200. The highest BCUT2D eigenvalue weighted by Crippen LogP contribution is 2.26. The van der Waals surface area contributed by atoms with Crippen LogP contribution in [0.25, 0.3) is 0 Å². The predicted octanol–water partition coefficient (Wildman–Crippen LogP) is 3.83. The van der Waals surface area contributed by atoms with E-state index in [2.05, 4.69) is 0 Å². The maximum Gasteiger partial charge on any atom is 0.138 e. The molecule has 2 N–H and O–H groups in total. The van der Waals surface area contributed by atoms with E-state index in [1.807, 2.05) is 19.1 Å². The molecule has 100 valence electrons. The lowest BCUT2D eigenvalue weighted by atomic mass is 10.1. The van der Waals surface area contributed by atoms with Crippen LogP contribution >= 0.6 is 11.6 Å². The van der Waals surface area contributed by atoms with Gasteiger partial charge < -0.3 is 10.5 Å². The minimum Gasteiger partial charge on any atom is -0.487 e. The van der Waals surface area contributed by atoms with E-state index in [0.29, 0.717) is 22.9 Å². The zero-order chi connectivity index (χ0) is 13.8. The lowest BCUT2D eigenvalue weighted by molar-refractivity contribution is 0.299. The van der Waals surface area contributed by atoms with Crippen molar-refractivity contribution in [3.63, 3.8) is 0 Å². The minimum atomic E-state index is -0.305. The molecule has 0 radical (unpaired) electrons. The van der Waals surface area contributed by atoms with Crippen molar-refractivity contribution in [3.05, 3.63) is 63.9 Å². The molecular weight excluding hydrogens is 265 g/mol. The molecule has 0 spiro atoms. The second kappa shape index (κ2) is 6.04. The van der Waals surface area contributed by atoms with E-state index in [1.54, 1.807) is 18.2 Å². The van der Waals surface area contributed by atoms with Gasteiger partial charge in [0.05, 0.1) is 5.02 Å². The Bertz CT molecular complexity index is 586. The van der Waals surface area contributed by atoms with Crippen LogP contribution in [0.4, 0.5) is 4.39 Å². The van der Waals surface area contributed by atoms with Crippen molar-refractivity contribution in [2.75, 3.05) is 0 Å². The summed E-state index contributed by atoms with van der Waals surface area (Å²) in [7, 11) is 0. The molecule has 4 heteroatoms. The van der Waals surface area contributed by atoms with Gasteiger partial charge >= 0.3 is 0 Å². The van der Waals surface area contributed by atoms with Crippen molar-refractivity contribution >= 4 is 11.6 Å². The summed E-state index contributed by atoms with van der Waals surface area (Å²) < 4.78 is 19.2. The van der Waals surface area contributed by atoms with Crippen molar-refractivity contribution in [3.8, 4) is 5.75 Å². The van der Waals surface area contributed by atoms with Crippen molar-refractivity contribution < 1.29 is 9.13 Å². The van der Waals surface area contributed by atoms with E-state index < -0.39 is 0 Å². The van der Waals surface area contributed by atoms with Gasteiger partial charge in [0.25, 0.3) is 0 Å². The highest BCUT2D eigenvalue weighted by atomic mass is 35.5. The second-order valence-corrected chi connectivity index (χ2v) is 4.76. The van der Waals surface area contributed by atoms with Gasteiger partial charge in [0, 0.05) is 12.1 Å². The molecule has 0 bridgehead atoms. The molecule has 0 amide bonds. The van der Waals surface area contributed by atoms with E-state index in [9.17, 15) is 4.39 Å². The maximum atomic E-state index is 13.6. The molecule has 2 aromatic rings. The van der Waals surface area contributed by atoms with E-state index in [0.717, 1.165) is 11.1 Å². The summed E-state index contributed by atoms with van der Waals surface area (Å²) in [6.45, 7) is 2.44. The third kappa shape index (κ3) is 3.46. The molecule has 0 aliphatic heterocycles. The van der Waals surface area contributed by atoms with Gasteiger partial charge in [-0.2, -0.15) is 0 Å². The first-order chi connectivity index (χ1) is 9.10. The summed E-state index contributed by atoms with van der Waals surface area (Å²) >= 11 is 6.02. The largest absolute Gasteiger partial charge is 0.487 e. The van der Waals surface area contributed by atoms with Crippen LogP contribution in [0, 0.1) is 12.7 Å². The molecule has 0 heterocycles. The molecule has 2 rings (SSSR count). The van der Waals surface area contributed by atoms with Gasteiger partial charge in [-0.1, -0.05) is 23.7 Å². The first-order valence-corrected chi connectivity index (χ1v) is 6.34. The van der Waals surface area contributed by atoms with Gasteiger partial charge in [0.2, 0.25) is 0 Å². The average molecular weight is 280 g/mol. The van der Waals surface area contributed by atoms with Crippen molar-refractivity contribution in [2.24, 2.45) is 5.73 Å². The Morgan fingerprint density at radius 3 is 2.74 bits per heavy atom. The fourth-order valence-electron chi connectivity index (χ4n) is 1.74. The van der Waals surface area contributed by atoms with Gasteiger partial charge in [-0.15, -0.1) is 0 Å². The number of rotatable bonds is 4. The molecule has 19 heavy (non-hydrogen) atoms. The summed E-state index contributed by atoms with van der Waals surface area (Å²) in [5.74, 6) is 0.250. The maximum absolute atomic E-state index is 13.6. The van der Waals surface area contributed by atoms with Crippen molar-refractivity contribution in [1.29, 1.82) is 0 Å². The molecule has 2 aromatic carbocycles. The Morgan fingerprint density at radius 1 is 1.21 bits per heavy atom. The van der Waals surface area contributed by atoms with Crippen LogP contribution in [-0.2, 0) is 13.2 Å². The Hall–Kier alpha value is -1.58. The molecule has 0 saturated heterocycles. The van der Waals surface area contributed by atoms with Crippen LogP contribution in [-0.4, -0.2) is 0 Å². The second-order valence-electron chi connectivity index (χ2n) is 4.35. The van der Waals surface area contributed by atoms with Crippen molar-refractivity contribution in [1.82, 2.24) is 0 Å². The molecule has 0 aliphatic carbocycles. The van der Waals surface area contributed by atoms with Crippen LogP contribution < -0.4 is 10.5 Å². The standard InChI is InChI=1S/C15H15ClFNO/c1-10-2-4-13(16)15(6-10)19-9-12-7-11(8-18)3-5-14(12)17/h2-7H,8-9,18H2,1H3. The highest BCUT2D eigenvalue weighted by Gasteiger charge is 2.06. The number of hydrogen-bond acceptors (Lipinski definition) is 2. The number of hydrogen-bond donors (Lipinski definition) is 1. The van der Waals surface area contributed by atoms with Crippen LogP contribution in [0.1, 0.15) is 16.7 Å². The van der Waals surface area contributed by atoms with Crippen LogP contribution in [0.3, 0.4) is 0 Å². The van der Waals surface area contributed by atoms with Crippen LogP contribution in [0.2, 0.25) is 5.02 Å². The van der Waals surface area contributed by atoms with E-state index in [1.165, 1.54) is 6.07 Å². The quantitative estimate of drug-likeness (QED) is 0.923. The number of benzene rings is 2. The normalized spacial score (nSPS) is 10.5. The van der Waals surface area contributed by atoms with E-state index in [4.69, 9.17) is 22.1 Å². The Labute approximate surface area is 117 Å². The zero-order valence-electron chi connectivity index (χ0n) is 10.6. The van der Waals surface area contributed by atoms with Gasteiger partial charge in [-0.25, -0.2) is 4.39 Å². The molecule has 0 unspecified atom stereocenters. The lowest BCUT2D eigenvalue weighted by Gasteiger charge is -2.10. The van der Waals surface area contributed by atoms with Crippen molar-refractivity contribution in [2.45, 2.75) is 20.1 Å². The number of nitrogens with two attached hydrogens (primary N) is 1. The fourth-order valence-corrected chi connectivity index (χ4v) is 1.91. The Morgan fingerprint density at radius 2 is 2.00 bits per heavy atom. The first-order valence-electron chi connectivity index (χ1n) is 5.96. The third-order valence-corrected chi connectivity index (χ3v) is 3.13. The molecule has 0 aliphatic rings. The molecule has 0 atom stereocenters. The van der Waals surface area contributed by atoms with Crippen LogP contribution in [0.15, 0.2) is 36.4 Å². The van der Waals surface area contributed by atoms with Crippen LogP contribution in [0.5, 0.6) is 5.75 Å². The summed E-state index contributed by atoms with van der Waals surface area (Å²) in [5.41, 5.74) is 7.92. The summed E-state index contributed by atoms with van der Waals surface area (Å²) in [4.78, 5) is 0. The summed E-state index contributed by atoms with van der Waals surface area (Å²) in [5, 5.41) is 0.515. The number of halogens is 2. The highest BCUT2D eigenvalue weighted by molar-refractivity contribution is 6.32. The lowest BCUT2D eigenvalue weighted by Crippen LogP contribution is -2.03. The summed E-state index contributed by atoms with van der Waals surface area (Å²) in [6, 6.07) is 10.3. The van der Waals surface area contributed by atoms with Gasteiger partial charge in [-0.3, -0.25) is 0 Å². The predicted molar refractivity (Wildman–Crippen MR) is 74.8 cm³/mol. The first kappa shape index (κ1) is 13.8. The topological polar surface area (TPSA) is 35.2 Å². The SMILES string of the molecule is Cc1ccc(Cl)c(OCc2cc(CN)ccc2F)c1. The monoisotopic (exact) mass is 279 g/mol. The molecule has 0 saturated carbocycles. The van der Waals surface area contributed by atoms with E-state index in [-0.39, 0.29) is 12.4 Å². The Kier molecular flexibility index (Phi) is 4.40. The third-order valence-electron chi connectivity index (χ3n) is 2.82. The number of ether oxygens (including phenoxy) is 1. The zero-order valence-corrected chi connectivity index (χ0v) is 11.4. The Balaban J connectivity index is 2.16. The molecule has 0 aromatic heterocycles.